The Hall–Kier alpha value is -2.12. The van der Waals surface area contributed by atoms with Crippen LogP contribution in [-0.2, 0) is 10.4 Å². The van der Waals surface area contributed by atoms with Crippen molar-refractivity contribution in [3.05, 3.63) is 48.5 Å². The zero-order valence-corrected chi connectivity index (χ0v) is 13.7. The van der Waals surface area contributed by atoms with E-state index >= 15 is 0 Å². The molecule has 0 fully saturated rings. The SMILES string of the molecule is Nc1cccc(B(O)O)c1.Nc1cccc(B(O)O)c1.O=S(=O)(O)O. The monoisotopic (exact) mass is 372 g/mol. The number of hydrogen-bond acceptors (Lipinski definition) is 8. The molecule has 0 spiro atoms. The summed E-state index contributed by atoms with van der Waals surface area (Å²) < 4.78 is 31.6. The quantitative estimate of drug-likeness (QED) is 0.155. The molecule has 0 aliphatic rings. The summed E-state index contributed by atoms with van der Waals surface area (Å²) in [6.07, 6.45) is 0. The van der Waals surface area contributed by atoms with E-state index in [0.717, 1.165) is 0 Å². The van der Waals surface area contributed by atoms with E-state index in [0.29, 0.717) is 22.3 Å². The average molecular weight is 372 g/mol. The van der Waals surface area contributed by atoms with E-state index in [1.165, 1.54) is 12.1 Å². The summed E-state index contributed by atoms with van der Waals surface area (Å²) in [5.74, 6) is 0. The summed E-state index contributed by atoms with van der Waals surface area (Å²) in [5, 5.41) is 34.6. The molecule has 0 unspecified atom stereocenters. The van der Waals surface area contributed by atoms with Crippen molar-refractivity contribution in [2.75, 3.05) is 11.5 Å². The van der Waals surface area contributed by atoms with E-state index in [2.05, 4.69) is 0 Å². The molecule has 0 saturated heterocycles. The van der Waals surface area contributed by atoms with Gasteiger partial charge in [-0.2, -0.15) is 8.42 Å². The van der Waals surface area contributed by atoms with Crippen LogP contribution in [0.4, 0.5) is 11.4 Å². The number of nitrogens with two attached hydrogens (primary N) is 2. The molecule has 136 valence electrons. The maximum atomic E-state index is 8.74. The summed E-state index contributed by atoms with van der Waals surface area (Å²) in [6, 6.07) is 12.9. The van der Waals surface area contributed by atoms with E-state index in [1.54, 1.807) is 36.4 Å². The van der Waals surface area contributed by atoms with Crippen LogP contribution in [0.2, 0.25) is 0 Å². The van der Waals surface area contributed by atoms with Crippen molar-refractivity contribution < 1.29 is 37.6 Å². The maximum absolute atomic E-state index is 8.74. The van der Waals surface area contributed by atoms with Crippen molar-refractivity contribution in [3.63, 3.8) is 0 Å². The van der Waals surface area contributed by atoms with Gasteiger partial charge in [0.25, 0.3) is 0 Å². The lowest BCUT2D eigenvalue weighted by Gasteiger charge is -1.98. The van der Waals surface area contributed by atoms with Gasteiger partial charge in [0.05, 0.1) is 0 Å². The molecule has 0 heterocycles. The first-order valence-corrected chi connectivity index (χ1v) is 7.93. The average Bonchev–Trinajstić information content (AvgIpc) is 2.46. The van der Waals surface area contributed by atoms with Gasteiger partial charge in [0.2, 0.25) is 0 Å². The minimum Gasteiger partial charge on any atom is -0.423 e. The van der Waals surface area contributed by atoms with Gasteiger partial charge in [-0.15, -0.1) is 0 Å². The van der Waals surface area contributed by atoms with Crippen molar-refractivity contribution in [2.45, 2.75) is 0 Å². The predicted molar refractivity (Wildman–Crippen MR) is 95.5 cm³/mol. The Balaban J connectivity index is 0.000000368. The standard InChI is InChI=1S/2C6H8BNO2.H2O4S/c2*8-6-3-1-2-5(4-6)7(9)10;1-5(2,3)4/h2*1-4,9-10H,8H2;(H2,1,2,3,4). The van der Waals surface area contributed by atoms with Crippen molar-refractivity contribution >= 4 is 46.9 Å². The van der Waals surface area contributed by atoms with Gasteiger partial charge in [0.15, 0.2) is 0 Å². The molecule has 10 N–H and O–H groups in total. The van der Waals surface area contributed by atoms with Gasteiger partial charge in [0, 0.05) is 11.4 Å². The van der Waals surface area contributed by atoms with Crippen LogP contribution in [0.3, 0.4) is 0 Å². The Bertz CT molecular complexity index is 701. The second-order valence-corrected chi connectivity index (χ2v) is 5.43. The van der Waals surface area contributed by atoms with E-state index in [-0.39, 0.29) is 0 Å². The third-order valence-electron chi connectivity index (χ3n) is 2.42. The molecule has 2 aromatic rings. The first-order chi connectivity index (χ1) is 11.4. The molecular weight excluding hydrogens is 354 g/mol. The highest BCUT2D eigenvalue weighted by Crippen LogP contribution is 1.96. The zero-order valence-electron chi connectivity index (χ0n) is 12.8. The van der Waals surface area contributed by atoms with E-state index in [1.807, 2.05) is 0 Å². The zero-order chi connectivity index (χ0) is 19.6. The van der Waals surface area contributed by atoms with Crippen molar-refractivity contribution in [1.29, 1.82) is 0 Å². The van der Waals surface area contributed by atoms with Gasteiger partial charge in [-0.05, 0) is 35.2 Å². The number of anilines is 2. The van der Waals surface area contributed by atoms with Crippen molar-refractivity contribution in [3.8, 4) is 0 Å². The lowest BCUT2D eigenvalue weighted by atomic mass is 9.80. The third-order valence-corrected chi connectivity index (χ3v) is 2.42. The minimum atomic E-state index is -4.67. The van der Waals surface area contributed by atoms with Gasteiger partial charge in [-0.25, -0.2) is 0 Å². The van der Waals surface area contributed by atoms with Crippen LogP contribution in [0.5, 0.6) is 0 Å². The second kappa shape index (κ2) is 10.7. The molecule has 13 heteroatoms. The Morgan fingerprint density at radius 2 is 1.00 bits per heavy atom. The summed E-state index contributed by atoms with van der Waals surface area (Å²) in [7, 11) is -7.52. The molecule has 0 aliphatic heterocycles. The fraction of sp³-hybridized carbons (Fsp3) is 0. The molecule has 0 saturated carbocycles. The first kappa shape index (κ1) is 22.9. The van der Waals surface area contributed by atoms with Crippen LogP contribution in [0.15, 0.2) is 48.5 Å². The van der Waals surface area contributed by atoms with Gasteiger partial charge in [0.1, 0.15) is 0 Å². The smallest absolute Gasteiger partial charge is 0.423 e. The van der Waals surface area contributed by atoms with Crippen LogP contribution in [0, 0.1) is 0 Å². The Morgan fingerprint density at radius 3 is 1.16 bits per heavy atom. The van der Waals surface area contributed by atoms with Gasteiger partial charge < -0.3 is 31.6 Å². The molecule has 25 heavy (non-hydrogen) atoms. The van der Waals surface area contributed by atoms with Gasteiger partial charge in [-0.1, -0.05) is 24.3 Å². The minimum absolute atomic E-state index is 0.417. The summed E-state index contributed by atoms with van der Waals surface area (Å²) in [4.78, 5) is 0. The van der Waals surface area contributed by atoms with Gasteiger partial charge in [-0.3, -0.25) is 9.11 Å². The molecule has 0 bridgehead atoms. The van der Waals surface area contributed by atoms with Crippen LogP contribution >= 0.6 is 0 Å². The largest absolute Gasteiger partial charge is 0.488 e. The molecular formula is C12H18B2N2O8S. The molecule has 2 aromatic carbocycles. The van der Waals surface area contributed by atoms with Crippen LogP contribution in [-0.4, -0.2) is 51.9 Å². The predicted octanol–water partition coefficient (Wildman–Crippen LogP) is -2.76. The Kier molecular flexibility index (Phi) is 9.78. The Labute approximate surface area is 145 Å². The normalized spacial score (nSPS) is 9.84. The number of nitrogen functional groups attached to an aromatic ring is 2. The number of rotatable bonds is 2. The lowest BCUT2D eigenvalue weighted by Crippen LogP contribution is -2.29. The second-order valence-electron chi connectivity index (χ2n) is 4.54. The fourth-order valence-electron chi connectivity index (χ4n) is 1.44. The van der Waals surface area contributed by atoms with E-state index in [4.69, 9.17) is 49.1 Å². The highest BCUT2D eigenvalue weighted by Gasteiger charge is 2.09. The topological polar surface area (TPSA) is 208 Å². The van der Waals surface area contributed by atoms with Crippen LogP contribution in [0.25, 0.3) is 0 Å². The molecule has 0 aliphatic carbocycles. The number of benzene rings is 2. The summed E-state index contributed by atoms with van der Waals surface area (Å²) in [6.45, 7) is 0. The molecule has 10 nitrogen and oxygen atoms in total. The molecule has 2 rings (SSSR count). The third kappa shape index (κ3) is 12.9. The van der Waals surface area contributed by atoms with Crippen molar-refractivity contribution in [1.82, 2.24) is 0 Å². The van der Waals surface area contributed by atoms with Crippen LogP contribution < -0.4 is 22.4 Å². The Morgan fingerprint density at radius 1 is 0.720 bits per heavy atom. The van der Waals surface area contributed by atoms with Gasteiger partial charge >= 0.3 is 24.6 Å². The summed E-state index contributed by atoms with van der Waals surface area (Å²) >= 11 is 0. The molecule has 0 amide bonds. The fourth-order valence-corrected chi connectivity index (χ4v) is 1.44. The maximum Gasteiger partial charge on any atom is 0.488 e. The first-order valence-electron chi connectivity index (χ1n) is 6.53. The number of hydrogen-bond donors (Lipinski definition) is 8. The van der Waals surface area contributed by atoms with E-state index in [9.17, 15) is 0 Å². The highest BCUT2D eigenvalue weighted by molar-refractivity contribution is 7.79. The van der Waals surface area contributed by atoms with E-state index < -0.39 is 24.6 Å². The van der Waals surface area contributed by atoms with Crippen molar-refractivity contribution in [2.24, 2.45) is 0 Å². The molecule has 0 atom stereocenters. The highest BCUT2D eigenvalue weighted by atomic mass is 32.3. The molecule has 0 aromatic heterocycles. The molecule has 0 radical (unpaired) electrons. The van der Waals surface area contributed by atoms with Crippen LogP contribution in [0.1, 0.15) is 0 Å². The lowest BCUT2D eigenvalue weighted by molar-refractivity contribution is 0.380. The summed E-state index contributed by atoms with van der Waals surface area (Å²) in [5.41, 5.74) is 12.6.